The zero-order valence-electron chi connectivity index (χ0n) is 8.80. The standard InChI is InChI=1S/C10H19NO2/c1-4-7-9(11-6-3)8-13-10(12)5-2/h4-8H2,1-3H3. The first kappa shape index (κ1) is 12.1. The zero-order chi connectivity index (χ0) is 10.1. The highest BCUT2D eigenvalue weighted by atomic mass is 16.5. The molecular formula is C10H19NO2. The molecule has 0 saturated heterocycles. The Hall–Kier alpha value is -0.860. The summed E-state index contributed by atoms with van der Waals surface area (Å²) in [6, 6.07) is 0. The predicted molar refractivity (Wildman–Crippen MR) is 54.1 cm³/mol. The first-order valence-electron chi connectivity index (χ1n) is 4.92. The number of hydrogen-bond acceptors (Lipinski definition) is 3. The summed E-state index contributed by atoms with van der Waals surface area (Å²) < 4.78 is 4.99. The van der Waals surface area contributed by atoms with E-state index in [9.17, 15) is 4.79 Å². The lowest BCUT2D eigenvalue weighted by Crippen LogP contribution is -2.13. The van der Waals surface area contributed by atoms with Gasteiger partial charge in [0.2, 0.25) is 0 Å². The maximum absolute atomic E-state index is 10.8. The Bertz CT molecular complexity index is 176. The molecule has 0 amide bonds. The Labute approximate surface area is 80.2 Å². The minimum atomic E-state index is -0.153. The van der Waals surface area contributed by atoms with Crippen LogP contribution >= 0.6 is 0 Å². The Morgan fingerprint density at radius 2 is 2.00 bits per heavy atom. The van der Waals surface area contributed by atoms with Gasteiger partial charge in [-0.15, -0.1) is 0 Å². The molecular weight excluding hydrogens is 166 g/mol. The van der Waals surface area contributed by atoms with Gasteiger partial charge >= 0.3 is 5.97 Å². The fraction of sp³-hybridized carbons (Fsp3) is 0.800. The highest BCUT2D eigenvalue weighted by Crippen LogP contribution is 1.95. The second-order valence-electron chi connectivity index (χ2n) is 2.80. The Morgan fingerprint density at radius 1 is 1.31 bits per heavy atom. The summed E-state index contributed by atoms with van der Waals surface area (Å²) in [7, 11) is 0. The maximum Gasteiger partial charge on any atom is 0.305 e. The summed E-state index contributed by atoms with van der Waals surface area (Å²) in [5, 5.41) is 0. The number of ether oxygens (including phenoxy) is 1. The molecule has 0 radical (unpaired) electrons. The second kappa shape index (κ2) is 7.77. The van der Waals surface area contributed by atoms with Crippen LogP contribution in [-0.4, -0.2) is 24.8 Å². The van der Waals surface area contributed by atoms with E-state index in [0.717, 1.165) is 25.1 Å². The lowest BCUT2D eigenvalue weighted by atomic mass is 10.2. The molecule has 0 N–H and O–H groups in total. The molecule has 0 unspecified atom stereocenters. The first-order valence-corrected chi connectivity index (χ1v) is 4.92. The van der Waals surface area contributed by atoms with Crippen LogP contribution in [0.3, 0.4) is 0 Å². The van der Waals surface area contributed by atoms with Crippen molar-refractivity contribution in [1.29, 1.82) is 0 Å². The Morgan fingerprint density at radius 3 is 2.46 bits per heavy atom. The summed E-state index contributed by atoms with van der Waals surface area (Å²) in [6.45, 7) is 7.00. The van der Waals surface area contributed by atoms with Crippen LogP contribution in [0.1, 0.15) is 40.0 Å². The summed E-state index contributed by atoms with van der Waals surface area (Å²) in [5.74, 6) is -0.153. The molecule has 3 nitrogen and oxygen atoms in total. The van der Waals surface area contributed by atoms with E-state index in [1.807, 2.05) is 6.92 Å². The first-order chi connectivity index (χ1) is 6.24. The minimum absolute atomic E-state index is 0.153. The number of esters is 1. The molecule has 76 valence electrons. The quantitative estimate of drug-likeness (QED) is 0.470. The molecule has 0 spiro atoms. The van der Waals surface area contributed by atoms with Crippen molar-refractivity contribution in [2.24, 2.45) is 4.99 Å². The van der Waals surface area contributed by atoms with Crippen molar-refractivity contribution in [2.45, 2.75) is 40.0 Å². The highest BCUT2D eigenvalue weighted by Gasteiger charge is 2.02. The number of hydrogen-bond donors (Lipinski definition) is 0. The molecule has 0 aliphatic heterocycles. The molecule has 13 heavy (non-hydrogen) atoms. The van der Waals surface area contributed by atoms with Gasteiger partial charge in [-0.2, -0.15) is 0 Å². The normalized spacial score (nSPS) is 11.5. The SMILES string of the molecule is CCCC(COC(=O)CC)=NCC. The van der Waals surface area contributed by atoms with Crippen molar-refractivity contribution in [1.82, 2.24) is 0 Å². The number of nitrogens with zero attached hydrogens (tertiary/aromatic N) is 1. The van der Waals surface area contributed by atoms with Crippen LogP contribution in [0.15, 0.2) is 4.99 Å². The maximum atomic E-state index is 10.8. The monoisotopic (exact) mass is 185 g/mol. The third kappa shape index (κ3) is 6.31. The molecule has 0 fully saturated rings. The third-order valence-electron chi connectivity index (χ3n) is 1.61. The second-order valence-corrected chi connectivity index (χ2v) is 2.80. The number of rotatable bonds is 6. The largest absolute Gasteiger partial charge is 0.460 e. The van der Waals surface area contributed by atoms with Gasteiger partial charge in [0.1, 0.15) is 6.61 Å². The predicted octanol–water partition coefficient (Wildman–Crippen LogP) is 2.20. The summed E-state index contributed by atoms with van der Waals surface area (Å²) in [5.41, 5.74) is 0.992. The van der Waals surface area contributed by atoms with E-state index in [1.165, 1.54) is 0 Å². The van der Waals surface area contributed by atoms with E-state index in [4.69, 9.17) is 4.74 Å². The van der Waals surface area contributed by atoms with E-state index in [-0.39, 0.29) is 5.97 Å². The van der Waals surface area contributed by atoms with Crippen molar-refractivity contribution in [3.63, 3.8) is 0 Å². The molecule has 0 aromatic carbocycles. The van der Waals surface area contributed by atoms with E-state index in [0.29, 0.717) is 13.0 Å². The number of carbonyl (C=O) groups is 1. The van der Waals surface area contributed by atoms with Crippen LogP contribution in [0.2, 0.25) is 0 Å². The molecule has 0 saturated carbocycles. The van der Waals surface area contributed by atoms with Gasteiger partial charge in [-0.05, 0) is 13.3 Å². The van der Waals surface area contributed by atoms with Gasteiger partial charge in [0.05, 0.1) is 0 Å². The van der Waals surface area contributed by atoms with Crippen LogP contribution in [-0.2, 0) is 9.53 Å². The van der Waals surface area contributed by atoms with Crippen molar-refractivity contribution < 1.29 is 9.53 Å². The topological polar surface area (TPSA) is 38.7 Å². The smallest absolute Gasteiger partial charge is 0.305 e. The van der Waals surface area contributed by atoms with Gasteiger partial charge in [0.25, 0.3) is 0 Å². The van der Waals surface area contributed by atoms with Gasteiger partial charge < -0.3 is 4.74 Å². The highest BCUT2D eigenvalue weighted by molar-refractivity contribution is 5.87. The molecule has 0 aromatic heterocycles. The van der Waals surface area contributed by atoms with E-state index in [1.54, 1.807) is 6.92 Å². The average Bonchev–Trinajstić information content (AvgIpc) is 2.14. The Kier molecular flexibility index (Phi) is 7.26. The fourth-order valence-corrected chi connectivity index (χ4v) is 0.975. The van der Waals surface area contributed by atoms with Crippen LogP contribution in [0, 0.1) is 0 Å². The van der Waals surface area contributed by atoms with Crippen molar-refractivity contribution in [3.05, 3.63) is 0 Å². The van der Waals surface area contributed by atoms with Gasteiger partial charge in [-0.3, -0.25) is 9.79 Å². The van der Waals surface area contributed by atoms with E-state index in [2.05, 4.69) is 11.9 Å². The van der Waals surface area contributed by atoms with E-state index < -0.39 is 0 Å². The van der Waals surface area contributed by atoms with Crippen LogP contribution in [0.5, 0.6) is 0 Å². The van der Waals surface area contributed by atoms with Gasteiger partial charge in [-0.1, -0.05) is 20.3 Å². The Balaban J connectivity index is 3.82. The fourth-order valence-electron chi connectivity index (χ4n) is 0.975. The molecule has 0 aliphatic rings. The molecule has 0 aromatic rings. The summed E-state index contributed by atoms with van der Waals surface area (Å²) in [6.07, 6.45) is 2.40. The van der Waals surface area contributed by atoms with E-state index >= 15 is 0 Å². The molecule has 3 heteroatoms. The molecule has 0 heterocycles. The molecule has 0 rings (SSSR count). The van der Waals surface area contributed by atoms with Crippen LogP contribution < -0.4 is 0 Å². The summed E-state index contributed by atoms with van der Waals surface area (Å²) in [4.78, 5) is 15.1. The third-order valence-corrected chi connectivity index (χ3v) is 1.61. The lowest BCUT2D eigenvalue weighted by Gasteiger charge is -2.05. The lowest BCUT2D eigenvalue weighted by molar-refractivity contribution is -0.141. The number of carbonyl (C=O) groups excluding carboxylic acids is 1. The van der Waals surface area contributed by atoms with Crippen molar-refractivity contribution >= 4 is 11.7 Å². The number of aliphatic imine (C=N–C) groups is 1. The summed E-state index contributed by atoms with van der Waals surface area (Å²) >= 11 is 0. The minimum Gasteiger partial charge on any atom is -0.460 e. The molecule has 0 bridgehead atoms. The van der Waals surface area contributed by atoms with Crippen LogP contribution in [0.25, 0.3) is 0 Å². The van der Waals surface area contributed by atoms with Gasteiger partial charge in [-0.25, -0.2) is 0 Å². The zero-order valence-corrected chi connectivity index (χ0v) is 8.80. The van der Waals surface area contributed by atoms with Crippen molar-refractivity contribution in [3.8, 4) is 0 Å². The van der Waals surface area contributed by atoms with Gasteiger partial charge in [0.15, 0.2) is 0 Å². The van der Waals surface area contributed by atoms with Gasteiger partial charge in [0, 0.05) is 18.7 Å². The van der Waals surface area contributed by atoms with Crippen molar-refractivity contribution in [2.75, 3.05) is 13.2 Å². The molecule has 0 aliphatic carbocycles. The average molecular weight is 185 g/mol. The van der Waals surface area contributed by atoms with Crippen LogP contribution in [0.4, 0.5) is 0 Å². The molecule has 0 atom stereocenters.